The van der Waals surface area contributed by atoms with Crippen LogP contribution in [0.4, 0.5) is 17.6 Å². The molecular weight excluding hydrogens is 414 g/mol. The minimum Gasteiger partial charge on any atom is -0.429 e. The Morgan fingerprint density at radius 3 is 2.23 bits per heavy atom. The first-order valence-electron chi connectivity index (χ1n) is 10.1. The van der Waals surface area contributed by atoms with E-state index in [0.29, 0.717) is 13.2 Å². The molecule has 0 amide bonds. The Balaban J connectivity index is 1.70. The second-order valence-corrected chi connectivity index (χ2v) is 7.47. The van der Waals surface area contributed by atoms with Crippen LogP contribution in [0.1, 0.15) is 55.6 Å². The SMILES string of the molecule is CCCCCC1COC(c2cc(F)c(C(F)(F)Oc3ccc(C#N)cc3)c(F)c2)OC1. The fraction of sp³-hybridized carbons (Fsp3) is 0.435. The van der Waals surface area contributed by atoms with Crippen molar-refractivity contribution in [3.63, 3.8) is 0 Å². The van der Waals surface area contributed by atoms with Crippen LogP contribution in [0.25, 0.3) is 0 Å². The van der Waals surface area contributed by atoms with Gasteiger partial charge in [-0.2, -0.15) is 14.0 Å². The van der Waals surface area contributed by atoms with Gasteiger partial charge in [0.1, 0.15) is 22.9 Å². The molecule has 1 aliphatic rings. The fourth-order valence-corrected chi connectivity index (χ4v) is 3.39. The van der Waals surface area contributed by atoms with E-state index >= 15 is 0 Å². The summed E-state index contributed by atoms with van der Waals surface area (Å²) in [5.74, 6) is -3.07. The van der Waals surface area contributed by atoms with Crippen molar-refractivity contribution in [3.8, 4) is 11.8 Å². The molecule has 31 heavy (non-hydrogen) atoms. The molecule has 8 heteroatoms. The lowest BCUT2D eigenvalue weighted by Gasteiger charge is -2.30. The minimum absolute atomic E-state index is 0.0140. The van der Waals surface area contributed by atoms with Gasteiger partial charge in [0.2, 0.25) is 0 Å². The van der Waals surface area contributed by atoms with Gasteiger partial charge >= 0.3 is 6.11 Å². The Bertz CT molecular complexity index is 896. The van der Waals surface area contributed by atoms with Crippen molar-refractivity contribution in [2.45, 2.75) is 45.0 Å². The maximum absolute atomic E-state index is 14.5. The molecule has 3 rings (SSSR count). The predicted octanol–water partition coefficient (Wildman–Crippen LogP) is 6.21. The Morgan fingerprint density at radius 1 is 1.06 bits per heavy atom. The molecule has 1 aliphatic heterocycles. The van der Waals surface area contributed by atoms with E-state index in [-0.39, 0.29) is 22.8 Å². The number of alkyl halides is 2. The molecule has 0 saturated carbocycles. The average molecular weight is 437 g/mol. The van der Waals surface area contributed by atoms with E-state index in [1.807, 2.05) is 6.07 Å². The summed E-state index contributed by atoms with van der Waals surface area (Å²) in [7, 11) is 0. The van der Waals surface area contributed by atoms with Gasteiger partial charge < -0.3 is 14.2 Å². The summed E-state index contributed by atoms with van der Waals surface area (Å²) >= 11 is 0. The van der Waals surface area contributed by atoms with E-state index in [9.17, 15) is 17.6 Å². The van der Waals surface area contributed by atoms with Gasteiger partial charge in [0, 0.05) is 11.5 Å². The normalized spacial score (nSPS) is 19.1. The molecule has 0 atom stereocenters. The van der Waals surface area contributed by atoms with Gasteiger partial charge in [-0.1, -0.05) is 26.2 Å². The number of benzene rings is 2. The van der Waals surface area contributed by atoms with E-state index < -0.39 is 29.6 Å². The number of nitrogens with zero attached hydrogens (tertiary/aromatic N) is 1. The van der Waals surface area contributed by atoms with Crippen molar-refractivity contribution in [1.82, 2.24) is 0 Å². The third-order valence-electron chi connectivity index (χ3n) is 5.04. The van der Waals surface area contributed by atoms with Gasteiger partial charge in [0.05, 0.1) is 24.8 Å². The van der Waals surface area contributed by atoms with Gasteiger partial charge in [-0.05, 0) is 42.8 Å². The van der Waals surface area contributed by atoms with E-state index in [1.54, 1.807) is 0 Å². The maximum Gasteiger partial charge on any atom is 0.432 e. The fourth-order valence-electron chi connectivity index (χ4n) is 3.39. The smallest absolute Gasteiger partial charge is 0.429 e. The first kappa shape index (κ1) is 23.0. The summed E-state index contributed by atoms with van der Waals surface area (Å²) in [6.45, 7) is 2.85. The molecule has 166 valence electrons. The standard InChI is InChI=1S/C23H23F4NO3/c1-2-3-4-5-16-13-29-22(30-14-16)17-10-19(24)21(20(25)11-17)23(26,27)31-18-8-6-15(12-28)7-9-18/h6-11,16,22H,2-5,13-14H2,1H3. The number of rotatable bonds is 8. The van der Waals surface area contributed by atoms with Gasteiger partial charge in [-0.25, -0.2) is 8.78 Å². The maximum atomic E-state index is 14.5. The number of hydrogen-bond donors (Lipinski definition) is 0. The summed E-state index contributed by atoms with van der Waals surface area (Å²) in [6, 6.07) is 8.14. The molecule has 0 N–H and O–H groups in total. The number of hydrogen-bond acceptors (Lipinski definition) is 4. The average Bonchev–Trinajstić information content (AvgIpc) is 2.74. The Labute approximate surface area is 178 Å². The van der Waals surface area contributed by atoms with Gasteiger partial charge in [-0.15, -0.1) is 0 Å². The highest BCUT2D eigenvalue weighted by Crippen LogP contribution is 2.37. The van der Waals surface area contributed by atoms with Crippen LogP contribution in [-0.2, 0) is 15.6 Å². The quantitative estimate of drug-likeness (QED) is 0.364. The first-order chi connectivity index (χ1) is 14.8. The van der Waals surface area contributed by atoms with Crippen molar-refractivity contribution in [2.75, 3.05) is 13.2 Å². The second-order valence-electron chi connectivity index (χ2n) is 7.47. The molecule has 0 aromatic heterocycles. The number of unbranched alkanes of at least 4 members (excludes halogenated alkanes) is 2. The molecule has 1 saturated heterocycles. The van der Waals surface area contributed by atoms with Crippen molar-refractivity contribution in [3.05, 3.63) is 64.7 Å². The van der Waals surface area contributed by atoms with Crippen molar-refractivity contribution < 1.29 is 31.8 Å². The summed E-state index contributed by atoms with van der Waals surface area (Å²) in [5.41, 5.74) is -1.29. The van der Waals surface area contributed by atoms with Gasteiger partial charge in [0.25, 0.3) is 0 Å². The van der Waals surface area contributed by atoms with Crippen LogP contribution in [0.5, 0.6) is 5.75 Å². The largest absolute Gasteiger partial charge is 0.432 e. The van der Waals surface area contributed by atoms with Crippen LogP contribution >= 0.6 is 0 Å². The number of halogens is 4. The third-order valence-corrected chi connectivity index (χ3v) is 5.04. The summed E-state index contributed by atoms with van der Waals surface area (Å²) in [6.07, 6.45) is -1.10. The summed E-state index contributed by atoms with van der Waals surface area (Å²) < 4.78 is 73.6. The van der Waals surface area contributed by atoms with Gasteiger partial charge in [0.15, 0.2) is 6.29 Å². The van der Waals surface area contributed by atoms with Crippen molar-refractivity contribution in [1.29, 1.82) is 5.26 Å². The molecule has 2 aromatic carbocycles. The zero-order valence-corrected chi connectivity index (χ0v) is 17.0. The molecule has 0 aliphatic carbocycles. The highest BCUT2D eigenvalue weighted by Gasteiger charge is 2.41. The zero-order chi connectivity index (χ0) is 22.4. The van der Waals surface area contributed by atoms with Crippen molar-refractivity contribution in [2.24, 2.45) is 5.92 Å². The second kappa shape index (κ2) is 10.1. The van der Waals surface area contributed by atoms with Crippen LogP contribution < -0.4 is 4.74 Å². The lowest BCUT2D eigenvalue weighted by molar-refractivity contribution is -0.206. The summed E-state index contributed by atoms with van der Waals surface area (Å²) in [4.78, 5) is 0. The molecule has 0 bridgehead atoms. The Morgan fingerprint density at radius 2 is 1.68 bits per heavy atom. The molecule has 1 fully saturated rings. The minimum atomic E-state index is -4.26. The summed E-state index contributed by atoms with van der Waals surface area (Å²) in [5, 5.41) is 8.75. The molecule has 0 spiro atoms. The molecule has 1 heterocycles. The molecule has 2 aromatic rings. The number of nitriles is 1. The Hall–Kier alpha value is -2.63. The predicted molar refractivity (Wildman–Crippen MR) is 104 cm³/mol. The van der Waals surface area contributed by atoms with Crippen LogP contribution in [-0.4, -0.2) is 13.2 Å². The monoisotopic (exact) mass is 437 g/mol. The van der Waals surface area contributed by atoms with Crippen LogP contribution in [0.2, 0.25) is 0 Å². The van der Waals surface area contributed by atoms with E-state index in [0.717, 1.165) is 49.9 Å². The van der Waals surface area contributed by atoms with Crippen LogP contribution in [0.3, 0.4) is 0 Å². The Kier molecular flexibility index (Phi) is 7.52. The highest BCUT2D eigenvalue weighted by molar-refractivity contribution is 5.36. The molecule has 4 nitrogen and oxygen atoms in total. The highest BCUT2D eigenvalue weighted by atomic mass is 19.3. The third kappa shape index (κ3) is 5.75. The van der Waals surface area contributed by atoms with Gasteiger partial charge in [-0.3, -0.25) is 0 Å². The van der Waals surface area contributed by atoms with Crippen LogP contribution in [0, 0.1) is 28.9 Å². The molecular formula is C23H23F4NO3. The van der Waals surface area contributed by atoms with Crippen LogP contribution in [0.15, 0.2) is 36.4 Å². The lowest BCUT2D eigenvalue weighted by atomic mass is 10.0. The first-order valence-corrected chi connectivity index (χ1v) is 10.1. The number of ether oxygens (including phenoxy) is 3. The molecule has 0 radical (unpaired) electrons. The molecule has 0 unspecified atom stereocenters. The van der Waals surface area contributed by atoms with E-state index in [4.69, 9.17) is 14.7 Å². The van der Waals surface area contributed by atoms with E-state index in [1.165, 1.54) is 12.1 Å². The van der Waals surface area contributed by atoms with Crippen molar-refractivity contribution >= 4 is 0 Å². The lowest BCUT2D eigenvalue weighted by Crippen LogP contribution is -2.28. The topological polar surface area (TPSA) is 51.5 Å². The zero-order valence-electron chi connectivity index (χ0n) is 17.0. The van der Waals surface area contributed by atoms with E-state index in [2.05, 4.69) is 11.7 Å².